The standard InChI is InChI=1S/C15H21N5O/c1-3-21-15-9-14(16-10-17-15)18-11(2)13-8-12-6-4-5-7-20(12)19-13/h8-11H,3-7H2,1-2H3,(H,16,17,18). The molecule has 1 N–H and O–H groups in total. The molecule has 0 radical (unpaired) electrons. The first-order valence-electron chi connectivity index (χ1n) is 7.54. The SMILES string of the molecule is CCOc1cc(NC(C)c2cc3n(n2)CCCC3)ncn1. The molecule has 0 amide bonds. The molecule has 0 saturated carbocycles. The predicted octanol–water partition coefficient (Wildman–Crippen LogP) is 2.58. The van der Waals surface area contributed by atoms with Crippen LogP contribution < -0.4 is 10.1 Å². The Morgan fingerprint density at radius 3 is 3.05 bits per heavy atom. The van der Waals surface area contributed by atoms with Gasteiger partial charge in [-0.3, -0.25) is 4.68 Å². The smallest absolute Gasteiger partial charge is 0.218 e. The lowest BCUT2D eigenvalue weighted by Gasteiger charge is -2.13. The molecule has 1 unspecified atom stereocenters. The Hall–Kier alpha value is -2.11. The van der Waals surface area contributed by atoms with Gasteiger partial charge in [-0.05, 0) is 39.2 Å². The van der Waals surface area contributed by atoms with Crippen molar-refractivity contribution in [2.75, 3.05) is 11.9 Å². The summed E-state index contributed by atoms with van der Waals surface area (Å²) in [6.07, 6.45) is 5.12. The molecule has 3 rings (SSSR count). The van der Waals surface area contributed by atoms with Crippen molar-refractivity contribution in [3.05, 3.63) is 29.8 Å². The number of aromatic nitrogens is 4. The quantitative estimate of drug-likeness (QED) is 0.915. The van der Waals surface area contributed by atoms with Crippen LogP contribution in [0, 0.1) is 0 Å². The van der Waals surface area contributed by atoms with Crippen molar-refractivity contribution in [1.29, 1.82) is 0 Å². The largest absolute Gasteiger partial charge is 0.478 e. The Bertz CT molecular complexity index is 586. The van der Waals surface area contributed by atoms with E-state index in [0.717, 1.165) is 24.5 Å². The number of rotatable bonds is 5. The Balaban J connectivity index is 1.72. The van der Waals surface area contributed by atoms with Gasteiger partial charge in [-0.15, -0.1) is 0 Å². The average molecular weight is 287 g/mol. The molecule has 6 nitrogen and oxygen atoms in total. The van der Waals surface area contributed by atoms with E-state index in [1.54, 1.807) is 0 Å². The molecule has 0 bridgehead atoms. The van der Waals surface area contributed by atoms with Gasteiger partial charge < -0.3 is 10.1 Å². The molecule has 6 heteroatoms. The van der Waals surface area contributed by atoms with Crippen LogP contribution in [-0.4, -0.2) is 26.4 Å². The molecule has 0 aliphatic carbocycles. The lowest BCUT2D eigenvalue weighted by Crippen LogP contribution is -2.12. The van der Waals surface area contributed by atoms with Crippen LogP contribution in [0.4, 0.5) is 5.82 Å². The molecule has 0 saturated heterocycles. The van der Waals surface area contributed by atoms with Gasteiger partial charge in [-0.1, -0.05) is 0 Å². The van der Waals surface area contributed by atoms with Gasteiger partial charge in [0.2, 0.25) is 5.88 Å². The van der Waals surface area contributed by atoms with E-state index >= 15 is 0 Å². The second-order valence-corrected chi connectivity index (χ2v) is 5.28. The number of anilines is 1. The first-order chi connectivity index (χ1) is 10.3. The van der Waals surface area contributed by atoms with E-state index < -0.39 is 0 Å². The topological polar surface area (TPSA) is 64.9 Å². The number of ether oxygens (including phenoxy) is 1. The lowest BCUT2D eigenvalue weighted by molar-refractivity contribution is 0.326. The zero-order valence-electron chi connectivity index (χ0n) is 12.5. The van der Waals surface area contributed by atoms with Crippen molar-refractivity contribution in [3.63, 3.8) is 0 Å². The molecule has 0 fully saturated rings. The highest BCUT2D eigenvalue weighted by atomic mass is 16.5. The fraction of sp³-hybridized carbons (Fsp3) is 0.533. The normalized spacial score (nSPS) is 15.3. The number of fused-ring (bicyclic) bond motifs is 1. The van der Waals surface area contributed by atoms with Crippen LogP contribution in [0.1, 0.15) is 44.1 Å². The molecule has 3 heterocycles. The highest BCUT2D eigenvalue weighted by Crippen LogP contribution is 2.22. The van der Waals surface area contributed by atoms with Crippen LogP contribution in [-0.2, 0) is 13.0 Å². The number of nitrogens with one attached hydrogen (secondary N) is 1. The maximum Gasteiger partial charge on any atom is 0.218 e. The summed E-state index contributed by atoms with van der Waals surface area (Å²) in [5.74, 6) is 1.35. The molecular weight excluding hydrogens is 266 g/mol. The summed E-state index contributed by atoms with van der Waals surface area (Å²) in [6, 6.07) is 4.12. The molecule has 1 aliphatic heterocycles. The van der Waals surface area contributed by atoms with Crippen molar-refractivity contribution in [2.45, 2.75) is 45.7 Å². The van der Waals surface area contributed by atoms with Gasteiger partial charge in [0.1, 0.15) is 12.1 Å². The molecule has 1 aliphatic rings. The fourth-order valence-electron chi connectivity index (χ4n) is 2.59. The Kier molecular flexibility index (Phi) is 4.03. The molecule has 0 spiro atoms. The van der Waals surface area contributed by atoms with Gasteiger partial charge >= 0.3 is 0 Å². The van der Waals surface area contributed by atoms with Crippen LogP contribution >= 0.6 is 0 Å². The van der Waals surface area contributed by atoms with Gasteiger partial charge in [-0.2, -0.15) is 5.10 Å². The minimum Gasteiger partial charge on any atom is -0.478 e. The summed E-state index contributed by atoms with van der Waals surface area (Å²) < 4.78 is 7.52. The second kappa shape index (κ2) is 6.11. The van der Waals surface area contributed by atoms with Crippen LogP contribution in [0.3, 0.4) is 0 Å². The van der Waals surface area contributed by atoms with E-state index in [1.807, 2.05) is 13.0 Å². The Morgan fingerprint density at radius 2 is 2.24 bits per heavy atom. The average Bonchev–Trinajstić information content (AvgIpc) is 2.92. The van der Waals surface area contributed by atoms with E-state index in [1.165, 1.54) is 24.9 Å². The van der Waals surface area contributed by atoms with E-state index in [4.69, 9.17) is 4.74 Å². The third-order valence-electron chi connectivity index (χ3n) is 3.68. The van der Waals surface area contributed by atoms with Crippen molar-refractivity contribution in [2.24, 2.45) is 0 Å². The van der Waals surface area contributed by atoms with Gasteiger partial charge in [0.05, 0.1) is 18.3 Å². The highest BCUT2D eigenvalue weighted by Gasteiger charge is 2.16. The summed E-state index contributed by atoms with van der Waals surface area (Å²) >= 11 is 0. The van der Waals surface area contributed by atoms with Gasteiger partial charge in [0.15, 0.2) is 0 Å². The van der Waals surface area contributed by atoms with Gasteiger partial charge in [0, 0.05) is 18.3 Å². The zero-order valence-corrected chi connectivity index (χ0v) is 12.5. The van der Waals surface area contributed by atoms with E-state index in [2.05, 4.69) is 38.1 Å². The molecule has 112 valence electrons. The van der Waals surface area contributed by atoms with Crippen molar-refractivity contribution >= 4 is 5.82 Å². The Morgan fingerprint density at radius 1 is 1.33 bits per heavy atom. The summed E-state index contributed by atoms with van der Waals surface area (Å²) in [4.78, 5) is 8.30. The van der Waals surface area contributed by atoms with Crippen molar-refractivity contribution in [3.8, 4) is 5.88 Å². The van der Waals surface area contributed by atoms with Crippen molar-refractivity contribution in [1.82, 2.24) is 19.7 Å². The van der Waals surface area contributed by atoms with Crippen LogP contribution in [0.25, 0.3) is 0 Å². The summed E-state index contributed by atoms with van der Waals surface area (Å²) in [7, 11) is 0. The van der Waals surface area contributed by atoms with Crippen LogP contribution in [0.5, 0.6) is 5.88 Å². The minimum absolute atomic E-state index is 0.104. The van der Waals surface area contributed by atoms with Gasteiger partial charge in [-0.25, -0.2) is 9.97 Å². The third kappa shape index (κ3) is 3.15. The fourth-order valence-corrected chi connectivity index (χ4v) is 2.59. The lowest BCUT2D eigenvalue weighted by atomic mass is 10.1. The number of hydrogen-bond donors (Lipinski definition) is 1. The monoisotopic (exact) mass is 287 g/mol. The predicted molar refractivity (Wildman–Crippen MR) is 80.4 cm³/mol. The molecule has 21 heavy (non-hydrogen) atoms. The van der Waals surface area contributed by atoms with Crippen LogP contribution in [0.15, 0.2) is 18.5 Å². The molecule has 1 atom stereocenters. The molecule has 2 aromatic heterocycles. The molecule has 2 aromatic rings. The number of hydrogen-bond acceptors (Lipinski definition) is 5. The molecule has 0 aromatic carbocycles. The first-order valence-corrected chi connectivity index (χ1v) is 7.54. The second-order valence-electron chi connectivity index (χ2n) is 5.28. The maximum atomic E-state index is 5.39. The Labute approximate surface area is 124 Å². The third-order valence-corrected chi connectivity index (χ3v) is 3.68. The highest BCUT2D eigenvalue weighted by molar-refractivity contribution is 5.39. The summed E-state index contributed by atoms with van der Waals surface area (Å²) in [5, 5.41) is 8.04. The number of aryl methyl sites for hydroxylation is 2. The maximum absolute atomic E-state index is 5.39. The van der Waals surface area contributed by atoms with E-state index in [9.17, 15) is 0 Å². The summed E-state index contributed by atoms with van der Waals surface area (Å²) in [5.41, 5.74) is 2.39. The van der Waals surface area contributed by atoms with E-state index in [0.29, 0.717) is 12.5 Å². The number of nitrogens with zero attached hydrogens (tertiary/aromatic N) is 4. The summed E-state index contributed by atoms with van der Waals surface area (Å²) in [6.45, 7) is 5.66. The molecular formula is C15H21N5O. The first kappa shape index (κ1) is 13.9. The van der Waals surface area contributed by atoms with Crippen LogP contribution in [0.2, 0.25) is 0 Å². The van der Waals surface area contributed by atoms with Gasteiger partial charge in [0.25, 0.3) is 0 Å². The van der Waals surface area contributed by atoms with E-state index in [-0.39, 0.29) is 6.04 Å². The van der Waals surface area contributed by atoms with Crippen molar-refractivity contribution < 1.29 is 4.74 Å². The minimum atomic E-state index is 0.104. The zero-order chi connectivity index (χ0) is 14.7.